The van der Waals surface area contributed by atoms with Crippen LogP contribution in [0.2, 0.25) is 0 Å². The lowest BCUT2D eigenvalue weighted by Gasteiger charge is -2.20. The molecule has 3 nitrogen and oxygen atoms in total. The molecule has 1 fully saturated rings. The molecular formula is C13H25NO2. The zero-order valence-corrected chi connectivity index (χ0v) is 10.6. The molecule has 0 aromatic rings. The third kappa shape index (κ3) is 4.22. The van der Waals surface area contributed by atoms with Crippen LogP contribution >= 0.6 is 0 Å². The summed E-state index contributed by atoms with van der Waals surface area (Å²) in [6.45, 7) is 6.55. The third-order valence-electron chi connectivity index (χ3n) is 3.63. The summed E-state index contributed by atoms with van der Waals surface area (Å²) < 4.78 is 5.24. The fourth-order valence-corrected chi connectivity index (χ4v) is 2.35. The van der Waals surface area contributed by atoms with Crippen molar-refractivity contribution in [3.63, 3.8) is 0 Å². The fraction of sp³-hybridized carbons (Fsp3) is 0.923. The van der Waals surface area contributed by atoms with Crippen LogP contribution in [-0.4, -0.2) is 25.5 Å². The van der Waals surface area contributed by atoms with Gasteiger partial charge in [0, 0.05) is 18.9 Å². The van der Waals surface area contributed by atoms with Crippen LogP contribution in [0.3, 0.4) is 0 Å². The summed E-state index contributed by atoms with van der Waals surface area (Å²) in [6.07, 6.45) is 3.65. The molecule has 0 radical (unpaired) electrons. The van der Waals surface area contributed by atoms with Crippen LogP contribution in [0.4, 0.5) is 0 Å². The number of nitrogens with two attached hydrogens (primary N) is 1. The summed E-state index contributed by atoms with van der Waals surface area (Å²) in [5.74, 6) is 1.78. The number of hydrogen-bond donors (Lipinski definition) is 1. The van der Waals surface area contributed by atoms with Crippen molar-refractivity contribution in [3.8, 4) is 0 Å². The number of ketones is 1. The Morgan fingerprint density at radius 2 is 2.19 bits per heavy atom. The Hall–Kier alpha value is -0.410. The normalized spacial score (nSPS) is 22.6. The summed E-state index contributed by atoms with van der Waals surface area (Å²) in [4.78, 5) is 11.9. The van der Waals surface area contributed by atoms with Crippen molar-refractivity contribution < 1.29 is 9.53 Å². The van der Waals surface area contributed by atoms with Crippen LogP contribution in [0, 0.1) is 17.8 Å². The quantitative estimate of drug-likeness (QED) is 0.723. The van der Waals surface area contributed by atoms with Crippen molar-refractivity contribution in [1.29, 1.82) is 0 Å². The molecule has 0 bridgehead atoms. The number of carbonyl (C=O) groups is 1. The van der Waals surface area contributed by atoms with Gasteiger partial charge in [-0.15, -0.1) is 0 Å². The number of Topliss-reactive ketones (excluding diaryl/α,β-unsaturated/α-hetero) is 1. The second kappa shape index (κ2) is 7.02. The molecule has 1 saturated heterocycles. The molecule has 94 valence electrons. The fourth-order valence-electron chi connectivity index (χ4n) is 2.35. The minimum Gasteiger partial charge on any atom is -0.381 e. The highest BCUT2D eigenvalue weighted by Gasteiger charge is 2.24. The molecule has 1 aliphatic rings. The molecule has 0 amide bonds. The molecule has 0 aromatic heterocycles. The number of carbonyl (C=O) groups excluding carboxylic acids is 1. The lowest BCUT2D eigenvalue weighted by atomic mass is 9.86. The van der Waals surface area contributed by atoms with E-state index in [0.29, 0.717) is 30.6 Å². The lowest BCUT2D eigenvalue weighted by Crippen LogP contribution is -2.19. The van der Waals surface area contributed by atoms with Crippen LogP contribution < -0.4 is 5.73 Å². The largest absolute Gasteiger partial charge is 0.381 e. The van der Waals surface area contributed by atoms with Gasteiger partial charge in [-0.25, -0.2) is 0 Å². The van der Waals surface area contributed by atoms with Gasteiger partial charge in [-0.1, -0.05) is 13.8 Å². The zero-order chi connectivity index (χ0) is 12.0. The van der Waals surface area contributed by atoms with Gasteiger partial charge in [0.05, 0.1) is 6.61 Å². The van der Waals surface area contributed by atoms with Crippen LogP contribution in [0.15, 0.2) is 0 Å². The van der Waals surface area contributed by atoms with Gasteiger partial charge in [-0.3, -0.25) is 4.79 Å². The van der Waals surface area contributed by atoms with E-state index in [1.54, 1.807) is 0 Å². The predicted octanol–water partition coefficient (Wildman–Crippen LogP) is 1.99. The van der Waals surface area contributed by atoms with Crippen LogP contribution in [0.5, 0.6) is 0 Å². The molecule has 1 rings (SSSR count). The standard InChI is InChI=1S/C13H25NO2/c1-10(2)11(5-7-14)3-4-13(15)12-6-8-16-9-12/h10-12H,3-9,14H2,1-2H3. The van der Waals surface area contributed by atoms with E-state index >= 15 is 0 Å². The van der Waals surface area contributed by atoms with Crippen LogP contribution in [0.1, 0.15) is 39.5 Å². The number of hydrogen-bond acceptors (Lipinski definition) is 3. The SMILES string of the molecule is CC(C)C(CCN)CCC(=O)C1CCOC1. The monoisotopic (exact) mass is 227 g/mol. The van der Waals surface area contributed by atoms with Gasteiger partial charge in [0.1, 0.15) is 5.78 Å². The van der Waals surface area contributed by atoms with Gasteiger partial charge < -0.3 is 10.5 Å². The summed E-state index contributed by atoms with van der Waals surface area (Å²) in [6, 6.07) is 0. The van der Waals surface area contributed by atoms with Gasteiger partial charge in [0.2, 0.25) is 0 Å². The first-order valence-electron chi connectivity index (χ1n) is 6.45. The maximum atomic E-state index is 11.9. The molecule has 0 saturated carbocycles. The summed E-state index contributed by atoms with van der Waals surface area (Å²) >= 11 is 0. The highest BCUT2D eigenvalue weighted by molar-refractivity contribution is 5.81. The van der Waals surface area contributed by atoms with E-state index in [2.05, 4.69) is 13.8 Å². The lowest BCUT2D eigenvalue weighted by molar-refractivity contribution is -0.123. The van der Waals surface area contributed by atoms with Gasteiger partial charge in [-0.2, -0.15) is 0 Å². The molecule has 16 heavy (non-hydrogen) atoms. The Morgan fingerprint density at radius 3 is 2.69 bits per heavy atom. The van der Waals surface area contributed by atoms with E-state index in [4.69, 9.17) is 10.5 Å². The van der Waals surface area contributed by atoms with Crippen molar-refractivity contribution in [2.24, 2.45) is 23.5 Å². The topological polar surface area (TPSA) is 52.3 Å². The third-order valence-corrected chi connectivity index (χ3v) is 3.63. The molecule has 1 heterocycles. The molecule has 3 heteroatoms. The zero-order valence-electron chi connectivity index (χ0n) is 10.6. The van der Waals surface area contributed by atoms with Crippen LogP contribution in [-0.2, 0) is 9.53 Å². The second-order valence-electron chi connectivity index (χ2n) is 5.15. The van der Waals surface area contributed by atoms with E-state index in [9.17, 15) is 4.79 Å². The van der Waals surface area contributed by atoms with Crippen LogP contribution in [0.25, 0.3) is 0 Å². The summed E-state index contributed by atoms with van der Waals surface area (Å²) in [7, 11) is 0. The number of rotatable bonds is 7. The maximum Gasteiger partial charge on any atom is 0.138 e. The second-order valence-corrected chi connectivity index (χ2v) is 5.15. The first kappa shape index (κ1) is 13.7. The summed E-state index contributed by atoms with van der Waals surface area (Å²) in [5.41, 5.74) is 5.59. The van der Waals surface area contributed by atoms with E-state index in [1.165, 1.54) is 0 Å². The molecule has 2 unspecified atom stereocenters. The first-order valence-corrected chi connectivity index (χ1v) is 6.45. The molecule has 0 aliphatic carbocycles. The maximum absolute atomic E-state index is 11.9. The molecule has 1 aliphatic heterocycles. The average molecular weight is 227 g/mol. The summed E-state index contributed by atoms with van der Waals surface area (Å²) in [5, 5.41) is 0. The van der Waals surface area contributed by atoms with E-state index < -0.39 is 0 Å². The molecular weight excluding hydrogens is 202 g/mol. The van der Waals surface area contributed by atoms with Crippen molar-refractivity contribution in [1.82, 2.24) is 0 Å². The van der Waals surface area contributed by atoms with Crippen molar-refractivity contribution >= 4 is 5.78 Å². The Balaban J connectivity index is 2.27. The Bertz CT molecular complexity index is 210. The minimum atomic E-state index is 0.172. The van der Waals surface area contributed by atoms with Gasteiger partial charge >= 0.3 is 0 Å². The van der Waals surface area contributed by atoms with Crippen molar-refractivity contribution in [2.45, 2.75) is 39.5 Å². The Morgan fingerprint density at radius 1 is 1.44 bits per heavy atom. The average Bonchev–Trinajstić information content (AvgIpc) is 2.76. The minimum absolute atomic E-state index is 0.172. The molecule has 2 N–H and O–H groups in total. The van der Waals surface area contributed by atoms with Crippen molar-refractivity contribution in [2.75, 3.05) is 19.8 Å². The molecule has 0 spiro atoms. The van der Waals surface area contributed by atoms with Gasteiger partial charge in [-0.05, 0) is 37.6 Å². The van der Waals surface area contributed by atoms with E-state index in [-0.39, 0.29) is 5.92 Å². The first-order chi connectivity index (χ1) is 7.65. The van der Waals surface area contributed by atoms with E-state index in [1.807, 2.05) is 0 Å². The van der Waals surface area contributed by atoms with Gasteiger partial charge in [0.25, 0.3) is 0 Å². The van der Waals surface area contributed by atoms with Gasteiger partial charge in [0.15, 0.2) is 0 Å². The number of ether oxygens (including phenoxy) is 1. The highest BCUT2D eigenvalue weighted by atomic mass is 16.5. The highest BCUT2D eigenvalue weighted by Crippen LogP contribution is 2.23. The predicted molar refractivity (Wildman–Crippen MR) is 65.2 cm³/mol. The Kier molecular flexibility index (Phi) is 5.99. The molecule has 2 atom stereocenters. The molecule has 0 aromatic carbocycles. The van der Waals surface area contributed by atoms with Crippen molar-refractivity contribution in [3.05, 3.63) is 0 Å². The smallest absolute Gasteiger partial charge is 0.138 e. The van der Waals surface area contributed by atoms with E-state index in [0.717, 1.165) is 32.4 Å². The Labute approximate surface area is 98.7 Å².